The molecule has 3 heterocycles. The fraction of sp³-hybridized carbons (Fsp3) is 0.318. The SMILES string of the molecule is CCCCN1C(=O)[C@@]2(C(C#N)=C(N)Oc3cc(C)n(C)c(=O)c32)c2ccccc21. The molecule has 2 N–H and O–H groups in total. The standard InChI is InChI=1S/C22H22N4O3/c1-4-5-10-26-16-9-7-6-8-14(16)22(21(26)28)15(12-23)19(24)29-17-11-13(2)25(3)20(27)18(17)22/h6-9,11H,4-5,10,24H2,1-3H3/t22-/m1/s1. The normalized spacial score (nSPS) is 19.8. The molecule has 148 valence electrons. The molecule has 1 aromatic carbocycles. The maximum absolute atomic E-state index is 14.0. The van der Waals surface area contributed by atoms with Crippen molar-refractivity contribution in [3.63, 3.8) is 0 Å². The zero-order valence-electron chi connectivity index (χ0n) is 16.7. The van der Waals surface area contributed by atoms with Crippen molar-refractivity contribution in [3.05, 3.63) is 69.0 Å². The summed E-state index contributed by atoms with van der Waals surface area (Å²) in [5.41, 5.74) is 6.20. The highest BCUT2D eigenvalue weighted by molar-refractivity contribution is 6.14. The van der Waals surface area contributed by atoms with Crippen LogP contribution in [0.1, 0.15) is 36.6 Å². The first-order valence-corrected chi connectivity index (χ1v) is 9.60. The number of rotatable bonds is 3. The number of pyridine rings is 1. The molecule has 2 aliphatic rings. The third-order valence-electron chi connectivity index (χ3n) is 5.86. The summed E-state index contributed by atoms with van der Waals surface area (Å²) >= 11 is 0. The van der Waals surface area contributed by atoms with Crippen LogP contribution in [0.3, 0.4) is 0 Å². The van der Waals surface area contributed by atoms with E-state index >= 15 is 0 Å². The summed E-state index contributed by atoms with van der Waals surface area (Å²) in [6.07, 6.45) is 1.70. The molecule has 7 heteroatoms. The molecule has 1 amide bonds. The van der Waals surface area contributed by atoms with Crippen LogP contribution in [0.2, 0.25) is 0 Å². The molecule has 0 saturated heterocycles. The summed E-state index contributed by atoms with van der Waals surface area (Å²) in [5, 5.41) is 9.99. The highest BCUT2D eigenvalue weighted by Crippen LogP contribution is 2.54. The summed E-state index contributed by atoms with van der Waals surface area (Å²) in [4.78, 5) is 29.0. The largest absolute Gasteiger partial charge is 0.440 e. The molecule has 0 aliphatic carbocycles. The Morgan fingerprint density at radius 1 is 1.28 bits per heavy atom. The van der Waals surface area contributed by atoms with E-state index in [1.807, 2.05) is 19.1 Å². The van der Waals surface area contributed by atoms with Gasteiger partial charge < -0.3 is 19.9 Å². The molecule has 1 atom stereocenters. The Bertz CT molecular complexity index is 1170. The number of nitrogens with zero attached hydrogens (tertiary/aromatic N) is 3. The van der Waals surface area contributed by atoms with Gasteiger partial charge >= 0.3 is 0 Å². The molecule has 4 rings (SSSR count). The van der Waals surface area contributed by atoms with E-state index in [-0.39, 0.29) is 34.2 Å². The minimum atomic E-state index is -1.60. The average molecular weight is 390 g/mol. The molecule has 1 spiro atoms. The van der Waals surface area contributed by atoms with Crippen LogP contribution in [0.4, 0.5) is 5.69 Å². The van der Waals surface area contributed by atoms with Gasteiger partial charge in [0.15, 0.2) is 5.41 Å². The van der Waals surface area contributed by atoms with Gasteiger partial charge in [0, 0.05) is 36.6 Å². The number of aryl methyl sites for hydroxylation is 1. The van der Waals surface area contributed by atoms with Crippen molar-refractivity contribution in [2.75, 3.05) is 11.4 Å². The topological polar surface area (TPSA) is 101 Å². The zero-order valence-corrected chi connectivity index (χ0v) is 16.7. The molecule has 7 nitrogen and oxygen atoms in total. The highest BCUT2D eigenvalue weighted by atomic mass is 16.5. The second-order valence-electron chi connectivity index (χ2n) is 7.42. The summed E-state index contributed by atoms with van der Waals surface area (Å²) < 4.78 is 7.13. The first-order valence-electron chi connectivity index (χ1n) is 9.60. The van der Waals surface area contributed by atoms with Crippen LogP contribution < -0.4 is 20.9 Å². The summed E-state index contributed by atoms with van der Waals surface area (Å²) in [6.45, 7) is 4.31. The number of anilines is 1. The van der Waals surface area contributed by atoms with E-state index in [9.17, 15) is 14.9 Å². The Labute approximate surface area is 168 Å². The van der Waals surface area contributed by atoms with Gasteiger partial charge in [-0.1, -0.05) is 31.5 Å². The van der Waals surface area contributed by atoms with E-state index in [0.717, 1.165) is 12.8 Å². The zero-order chi connectivity index (χ0) is 20.9. The van der Waals surface area contributed by atoms with Crippen LogP contribution in [0.5, 0.6) is 5.75 Å². The van der Waals surface area contributed by atoms with Crippen molar-refractivity contribution >= 4 is 11.6 Å². The fourth-order valence-corrected chi connectivity index (χ4v) is 4.31. The van der Waals surface area contributed by atoms with Crippen LogP contribution in [0.25, 0.3) is 0 Å². The number of carbonyl (C=O) groups excluding carboxylic acids is 1. The highest BCUT2D eigenvalue weighted by Gasteiger charge is 2.60. The number of carbonyl (C=O) groups is 1. The van der Waals surface area contributed by atoms with Crippen LogP contribution in [-0.4, -0.2) is 17.0 Å². The van der Waals surface area contributed by atoms with Crippen LogP contribution in [0.15, 0.2) is 46.6 Å². The van der Waals surface area contributed by atoms with Gasteiger partial charge in [0.1, 0.15) is 17.4 Å². The van der Waals surface area contributed by atoms with Gasteiger partial charge in [-0.25, -0.2) is 0 Å². The van der Waals surface area contributed by atoms with Crippen molar-refractivity contribution in [2.45, 2.75) is 32.1 Å². The lowest BCUT2D eigenvalue weighted by atomic mass is 9.69. The van der Waals surface area contributed by atoms with E-state index in [2.05, 4.69) is 6.07 Å². The predicted molar refractivity (Wildman–Crippen MR) is 108 cm³/mol. The van der Waals surface area contributed by atoms with Crippen molar-refractivity contribution in [1.82, 2.24) is 4.57 Å². The molecule has 0 radical (unpaired) electrons. The number of hydrogen-bond donors (Lipinski definition) is 1. The lowest BCUT2D eigenvalue weighted by Gasteiger charge is -2.34. The lowest BCUT2D eigenvalue weighted by Crippen LogP contribution is -2.50. The molecule has 0 saturated carbocycles. The van der Waals surface area contributed by atoms with Gasteiger partial charge in [0.05, 0.1) is 5.56 Å². The number of fused-ring (bicyclic) bond motifs is 4. The number of benzene rings is 1. The van der Waals surface area contributed by atoms with E-state index in [1.54, 1.807) is 37.1 Å². The van der Waals surface area contributed by atoms with Crippen molar-refractivity contribution < 1.29 is 9.53 Å². The number of amides is 1. The molecule has 29 heavy (non-hydrogen) atoms. The van der Waals surface area contributed by atoms with Gasteiger partial charge in [-0.15, -0.1) is 0 Å². The number of nitrogens with two attached hydrogens (primary N) is 1. The third-order valence-corrected chi connectivity index (χ3v) is 5.86. The molecule has 0 unspecified atom stereocenters. The quantitative estimate of drug-likeness (QED) is 0.866. The maximum atomic E-state index is 14.0. The predicted octanol–water partition coefficient (Wildman–Crippen LogP) is 2.21. The Kier molecular flexibility index (Phi) is 4.23. The summed E-state index contributed by atoms with van der Waals surface area (Å²) in [6, 6.07) is 11.0. The minimum absolute atomic E-state index is 0.0394. The first-order chi connectivity index (χ1) is 13.9. The fourth-order valence-electron chi connectivity index (χ4n) is 4.31. The van der Waals surface area contributed by atoms with E-state index < -0.39 is 5.41 Å². The molecule has 0 bridgehead atoms. The second kappa shape index (κ2) is 6.52. The number of ether oxygens (including phenoxy) is 1. The third kappa shape index (κ3) is 2.29. The van der Waals surface area contributed by atoms with Gasteiger partial charge in [0.25, 0.3) is 5.56 Å². The summed E-state index contributed by atoms with van der Waals surface area (Å²) in [7, 11) is 1.64. The van der Waals surface area contributed by atoms with Crippen LogP contribution >= 0.6 is 0 Å². The molecule has 1 aromatic heterocycles. The van der Waals surface area contributed by atoms with Gasteiger partial charge in [-0.2, -0.15) is 5.26 Å². The minimum Gasteiger partial charge on any atom is -0.440 e. The number of nitriles is 1. The lowest BCUT2D eigenvalue weighted by molar-refractivity contribution is -0.121. The second-order valence-corrected chi connectivity index (χ2v) is 7.42. The molecular weight excluding hydrogens is 368 g/mol. The Morgan fingerprint density at radius 3 is 2.69 bits per heavy atom. The van der Waals surface area contributed by atoms with Crippen molar-refractivity contribution in [1.29, 1.82) is 5.26 Å². The number of hydrogen-bond acceptors (Lipinski definition) is 5. The molecule has 0 fully saturated rings. The summed E-state index contributed by atoms with van der Waals surface area (Å²) in [5.74, 6) is -0.257. The van der Waals surface area contributed by atoms with Crippen molar-refractivity contribution in [2.24, 2.45) is 12.8 Å². The van der Waals surface area contributed by atoms with Gasteiger partial charge in [-0.05, 0) is 19.4 Å². The molecule has 2 aromatic rings. The molecule has 2 aliphatic heterocycles. The average Bonchev–Trinajstić information content (AvgIpc) is 2.94. The Morgan fingerprint density at radius 2 is 2.00 bits per heavy atom. The Balaban J connectivity index is 2.15. The van der Waals surface area contributed by atoms with Crippen LogP contribution in [0, 0.1) is 18.3 Å². The number of para-hydroxylation sites is 1. The van der Waals surface area contributed by atoms with Crippen molar-refractivity contribution in [3.8, 4) is 11.8 Å². The maximum Gasteiger partial charge on any atom is 0.259 e. The monoisotopic (exact) mass is 390 g/mol. The number of unbranched alkanes of at least 4 members (excludes halogenated alkanes) is 1. The number of aromatic nitrogens is 1. The smallest absolute Gasteiger partial charge is 0.259 e. The van der Waals surface area contributed by atoms with E-state index in [0.29, 0.717) is 23.5 Å². The van der Waals surface area contributed by atoms with E-state index in [1.165, 1.54) is 4.57 Å². The molecular formula is C22H22N4O3. The van der Waals surface area contributed by atoms with Gasteiger partial charge in [0.2, 0.25) is 11.8 Å². The first kappa shape index (κ1) is 18.8. The Hall–Kier alpha value is -3.53. The van der Waals surface area contributed by atoms with E-state index in [4.69, 9.17) is 10.5 Å². The van der Waals surface area contributed by atoms with Gasteiger partial charge in [-0.3, -0.25) is 9.59 Å². The van der Waals surface area contributed by atoms with Crippen LogP contribution in [-0.2, 0) is 17.3 Å².